The van der Waals surface area contributed by atoms with Crippen molar-refractivity contribution >= 4 is 22.6 Å². The van der Waals surface area contributed by atoms with Crippen LogP contribution in [-0.2, 0) is 17.6 Å². The number of hydrogen-bond donors (Lipinski definition) is 0. The highest BCUT2D eigenvalue weighted by molar-refractivity contribution is 5.94. The van der Waals surface area contributed by atoms with Crippen LogP contribution in [0.5, 0.6) is 6.01 Å². The number of halogens is 2. The first kappa shape index (κ1) is 29.0. The monoisotopic (exact) mass is 586 g/mol. The van der Waals surface area contributed by atoms with E-state index in [2.05, 4.69) is 26.3 Å². The molecule has 0 bridgehead atoms. The number of carbonyl (C=O) groups is 1. The molecule has 6 rings (SSSR count). The molecule has 2 aromatic carbocycles. The van der Waals surface area contributed by atoms with Gasteiger partial charge in [0.1, 0.15) is 29.8 Å². The highest BCUT2D eigenvalue weighted by Crippen LogP contribution is 2.39. The van der Waals surface area contributed by atoms with Crippen LogP contribution in [0.1, 0.15) is 36.8 Å². The number of aryl methyl sites for hydroxylation is 1. The Morgan fingerprint density at radius 3 is 2.77 bits per heavy atom. The maximum Gasteiger partial charge on any atom is 0.319 e. The summed E-state index contributed by atoms with van der Waals surface area (Å²) in [4.78, 5) is 31.0. The number of hydrogen-bond acceptors (Lipinski definition) is 6. The van der Waals surface area contributed by atoms with E-state index in [1.165, 1.54) is 12.1 Å². The van der Waals surface area contributed by atoms with Crippen molar-refractivity contribution in [2.45, 2.75) is 50.6 Å². The molecule has 0 unspecified atom stereocenters. The van der Waals surface area contributed by atoms with Crippen LogP contribution in [-0.4, -0.2) is 84.1 Å². The van der Waals surface area contributed by atoms with Gasteiger partial charge in [-0.3, -0.25) is 4.79 Å². The van der Waals surface area contributed by atoms with Crippen molar-refractivity contribution in [2.24, 2.45) is 0 Å². The quantitative estimate of drug-likeness (QED) is 0.285. The van der Waals surface area contributed by atoms with Crippen LogP contribution in [0.15, 0.2) is 36.9 Å². The molecule has 2 fully saturated rings. The van der Waals surface area contributed by atoms with Crippen LogP contribution in [0, 0.1) is 18.2 Å². The predicted octanol–water partition coefficient (Wildman–Crippen LogP) is 5.05. The number of likely N-dealkylation sites (tertiary alicyclic amines) is 1. The van der Waals surface area contributed by atoms with E-state index in [1.807, 2.05) is 24.1 Å². The molecule has 3 aromatic rings. The summed E-state index contributed by atoms with van der Waals surface area (Å²) in [6.45, 7) is 13.4. The summed E-state index contributed by atoms with van der Waals surface area (Å²) in [5.41, 5.74) is 2.61. The Hall–Kier alpha value is -4.10. The van der Waals surface area contributed by atoms with Gasteiger partial charge in [0, 0.05) is 31.1 Å². The number of anilines is 1. The fourth-order valence-corrected chi connectivity index (χ4v) is 6.81. The number of likely N-dealkylation sites (N-methyl/N-ethyl adjacent to an activating group) is 1. The summed E-state index contributed by atoms with van der Waals surface area (Å²) in [7, 11) is 2.05. The van der Waals surface area contributed by atoms with Crippen LogP contribution in [0.25, 0.3) is 26.9 Å². The molecule has 2 saturated heterocycles. The average molecular weight is 587 g/mol. The first-order valence-corrected chi connectivity index (χ1v) is 15.0. The number of ether oxygens (including phenoxy) is 1. The molecule has 0 radical (unpaired) electrons. The van der Waals surface area contributed by atoms with Crippen LogP contribution in [0.3, 0.4) is 0 Å². The van der Waals surface area contributed by atoms with E-state index < -0.39 is 17.7 Å². The van der Waals surface area contributed by atoms with Crippen molar-refractivity contribution < 1.29 is 18.3 Å². The molecule has 3 aliphatic rings. The topological polar surface area (TPSA) is 66.2 Å². The van der Waals surface area contributed by atoms with Gasteiger partial charge in [0.25, 0.3) is 0 Å². The number of rotatable bonds is 7. The van der Waals surface area contributed by atoms with E-state index in [0.29, 0.717) is 31.1 Å². The minimum Gasteiger partial charge on any atom is -0.462 e. The highest BCUT2D eigenvalue weighted by Gasteiger charge is 2.34. The molecule has 8 nitrogen and oxygen atoms in total. The zero-order chi connectivity index (χ0) is 30.1. The molecule has 3 heterocycles. The number of nitrogens with zero attached hydrogens (tertiary/aromatic N) is 6. The van der Waals surface area contributed by atoms with Crippen molar-refractivity contribution in [2.75, 3.05) is 51.3 Å². The molecule has 0 N–H and O–H groups in total. The van der Waals surface area contributed by atoms with Crippen LogP contribution in [0.2, 0.25) is 0 Å². The minimum absolute atomic E-state index is 0.00378. The second-order valence-corrected chi connectivity index (χ2v) is 11.7. The van der Waals surface area contributed by atoms with Crippen molar-refractivity contribution in [1.29, 1.82) is 0 Å². The molecule has 43 heavy (non-hydrogen) atoms. The second-order valence-electron chi connectivity index (χ2n) is 11.7. The third kappa shape index (κ3) is 5.54. The zero-order valence-corrected chi connectivity index (χ0v) is 24.5. The summed E-state index contributed by atoms with van der Waals surface area (Å²) < 4.78 is 38.7. The second kappa shape index (κ2) is 12.3. The van der Waals surface area contributed by atoms with E-state index in [4.69, 9.17) is 11.3 Å². The standard InChI is InChI=1S/C33H36F2N6O2/c1-4-28(42)41-16-15-40(19-23(41)18-36-2)32-26-17-27(34)29(25-13-7-10-21-9-5-6-12-24(21)25)30(35)31(26)37-33(38-32)43-20-22-11-8-14-39(22)3/h4,7,10,13,17,22-23H,1,5-6,8-9,11-12,14-16,18-20H2,3H3/t22-,23-/m0/s1. The molecule has 0 saturated carbocycles. The van der Waals surface area contributed by atoms with Gasteiger partial charge in [-0.2, -0.15) is 9.97 Å². The molecular weight excluding hydrogens is 550 g/mol. The molecule has 224 valence electrons. The largest absolute Gasteiger partial charge is 0.462 e. The lowest BCUT2D eigenvalue weighted by Crippen LogP contribution is -2.56. The Balaban J connectivity index is 1.46. The van der Waals surface area contributed by atoms with Crippen molar-refractivity contribution in [3.05, 3.63) is 71.1 Å². The molecule has 2 atom stereocenters. The lowest BCUT2D eigenvalue weighted by Gasteiger charge is -2.39. The molecule has 1 amide bonds. The van der Waals surface area contributed by atoms with Crippen molar-refractivity contribution in [1.82, 2.24) is 19.8 Å². The lowest BCUT2D eigenvalue weighted by molar-refractivity contribution is -0.128. The smallest absolute Gasteiger partial charge is 0.319 e. The van der Waals surface area contributed by atoms with E-state index in [1.54, 1.807) is 11.0 Å². The molecule has 0 spiro atoms. The summed E-state index contributed by atoms with van der Waals surface area (Å²) in [5, 5.41) is 0.235. The van der Waals surface area contributed by atoms with Gasteiger partial charge >= 0.3 is 6.01 Å². The van der Waals surface area contributed by atoms with Crippen molar-refractivity contribution in [3.63, 3.8) is 0 Å². The Labute approximate surface area is 250 Å². The van der Waals surface area contributed by atoms with Crippen LogP contribution >= 0.6 is 0 Å². The number of aromatic nitrogens is 2. The molecule has 1 aliphatic carbocycles. The Bertz CT molecular complexity index is 1600. The minimum atomic E-state index is -0.737. The number of amides is 1. The fraction of sp³-hybridized carbons (Fsp3) is 0.455. The molecular formula is C33H36F2N6O2. The Morgan fingerprint density at radius 2 is 2.00 bits per heavy atom. The Kier molecular flexibility index (Phi) is 8.26. The predicted molar refractivity (Wildman–Crippen MR) is 162 cm³/mol. The van der Waals surface area contributed by atoms with E-state index in [-0.39, 0.29) is 47.5 Å². The molecule has 2 aliphatic heterocycles. The van der Waals surface area contributed by atoms with Gasteiger partial charge in [-0.15, -0.1) is 0 Å². The first-order chi connectivity index (χ1) is 20.9. The Morgan fingerprint density at radius 1 is 1.16 bits per heavy atom. The van der Waals surface area contributed by atoms with Gasteiger partial charge < -0.3 is 24.3 Å². The maximum atomic E-state index is 16.6. The lowest BCUT2D eigenvalue weighted by atomic mass is 9.85. The third-order valence-corrected chi connectivity index (χ3v) is 9.13. The third-order valence-electron chi connectivity index (χ3n) is 9.13. The van der Waals surface area contributed by atoms with Gasteiger partial charge in [0.2, 0.25) is 12.5 Å². The van der Waals surface area contributed by atoms with E-state index in [0.717, 1.165) is 56.2 Å². The maximum absolute atomic E-state index is 16.6. The number of piperazine rings is 1. The van der Waals surface area contributed by atoms with Crippen LogP contribution < -0.4 is 9.64 Å². The van der Waals surface area contributed by atoms with E-state index in [9.17, 15) is 4.79 Å². The van der Waals surface area contributed by atoms with E-state index >= 15 is 8.78 Å². The van der Waals surface area contributed by atoms with Crippen molar-refractivity contribution in [3.8, 4) is 17.1 Å². The number of benzene rings is 2. The number of fused-ring (bicyclic) bond motifs is 2. The average Bonchev–Trinajstić information content (AvgIpc) is 3.44. The van der Waals surface area contributed by atoms with Gasteiger partial charge in [-0.25, -0.2) is 15.4 Å². The molecule has 1 aromatic heterocycles. The summed E-state index contributed by atoms with van der Waals surface area (Å²) >= 11 is 0. The fourth-order valence-electron chi connectivity index (χ4n) is 6.81. The number of carbonyl (C=O) groups excluding carboxylic acids is 1. The first-order valence-electron chi connectivity index (χ1n) is 15.0. The van der Waals surface area contributed by atoms with Gasteiger partial charge in [-0.1, -0.05) is 24.8 Å². The molecule has 10 heteroatoms. The van der Waals surface area contributed by atoms with Gasteiger partial charge in [-0.05, 0) is 81.0 Å². The highest BCUT2D eigenvalue weighted by atomic mass is 19.1. The normalized spacial score (nSPS) is 20.6. The van der Waals surface area contributed by atoms with Crippen LogP contribution in [0.4, 0.5) is 14.6 Å². The summed E-state index contributed by atoms with van der Waals surface area (Å²) in [6.07, 6.45) is 7.01. The SMILES string of the molecule is [C-]#[N+]C[C@H]1CN(c2nc(OC[C@@H]3CCCN3C)nc3c(F)c(-c4cccc5c4CCCC5)c(F)cc23)CCN1C(=O)C=C. The zero-order valence-electron chi connectivity index (χ0n) is 24.5. The van der Waals surface area contributed by atoms with Gasteiger partial charge in [0.05, 0.1) is 5.56 Å². The summed E-state index contributed by atoms with van der Waals surface area (Å²) in [6, 6.07) is 6.81. The summed E-state index contributed by atoms with van der Waals surface area (Å²) in [5.74, 6) is -1.33. The van der Waals surface area contributed by atoms with Gasteiger partial charge in [0.15, 0.2) is 5.82 Å².